The van der Waals surface area contributed by atoms with E-state index in [1.54, 1.807) is 0 Å². The molecule has 0 radical (unpaired) electrons. The number of nitrogens with one attached hydrogen (secondary N) is 1. The second kappa shape index (κ2) is 5.99. The minimum Gasteiger partial charge on any atom is -0.373 e. The van der Waals surface area contributed by atoms with Crippen LogP contribution in [0.4, 0.5) is 0 Å². The van der Waals surface area contributed by atoms with Crippen LogP contribution < -0.4 is 11.1 Å². The zero-order chi connectivity index (χ0) is 11.2. The first-order chi connectivity index (χ1) is 7.88. The van der Waals surface area contributed by atoms with Gasteiger partial charge in [-0.2, -0.15) is 0 Å². The van der Waals surface area contributed by atoms with E-state index in [1.807, 2.05) is 18.2 Å². The van der Waals surface area contributed by atoms with Gasteiger partial charge >= 0.3 is 0 Å². The Morgan fingerprint density at radius 3 is 2.69 bits per heavy atom. The van der Waals surface area contributed by atoms with Crippen LogP contribution in [0.15, 0.2) is 30.3 Å². The highest BCUT2D eigenvalue weighted by Crippen LogP contribution is 2.24. The summed E-state index contributed by atoms with van der Waals surface area (Å²) < 4.78 is 5.80. The van der Waals surface area contributed by atoms with Crippen molar-refractivity contribution >= 4 is 0 Å². The first kappa shape index (κ1) is 11.6. The van der Waals surface area contributed by atoms with Gasteiger partial charge in [0.05, 0.1) is 12.7 Å². The van der Waals surface area contributed by atoms with Crippen molar-refractivity contribution in [3.63, 3.8) is 0 Å². The molecule has 1 saturated carbocycles. The van der Waals surface area contributed by atoms with Crippen LogP contribution >= 0.6 is 0 Å². The molecule has 3 N–H and O–H groups in total. The predicted molar refractivity (Wildman–Crippen MR) is 65.1 cm³/mol. The van der Waals surface area contributed by atoms with Crippen LogP contribution in [-0.2, 0) is 11.3 Å². The maximum atomic E-state index is 5.80. The molecule has 1 aromatic carbocycles. The fraction of sp³-hybridized carbons (Fsp3) is 0.538. The van der Waals surface area contributed by atoms with Crippen molar-refractivity contribution in [2.75, 3.05) is 13.1 Å². The minimum atomic E-state index is 0.426. The zero-order valence-electron chi connectivity index (χ0n) is 9.56. The number of benzene rings is 1. The molecule has 0 amide bonds. The number of ether oxygens (including phenoxy) is 1. The van der Waals surface area contributed by atoms with E-state index in [0.717, 1.165) is 26.0 Å². The molecule has 3 nitrogen and oxygen atoms in total. The van der Waals surface area contributed by atoms with Crippen molar-refractivity contribution in [3.8, 4) is 0 Å². The van der Waals surface area contributed by atoms with Crippen LogP contribution in [0.3, 0.4) is 0 Å². The summed E-state index contributed by atoms with van der Waals surface area (Å²) in [4.78, 5) is 0. The van der Waals surface area contributed by atoms with Crippen LogP contribution in [0.1, 0.15) is 18.4 Å². The largest absolute Gasteiger partial charge is 0.373 e. The Hall–Kier alpha value is -0.900. The van der Waals surface area contributed by atoms with E-state index < -0.39 is 0 Å². The lowest BCUT2D eigenvalue weighted by molar-refractivity contribution is -0.0262. The monoisotopic (exact) mass is 220 g/mol. The molecule has 0 saturated heterocycles. The molecule has 1 aromatic rings. The van der Waals surface area contributed by atoms with E-state index in [4.69, 9.17) is 10.5 Å². The summed E-state index contributed by atoms with van der Waals surface area (Å²) in [5, 5.41) is 3.39. The number of hydrogen-bond acceptors (Lipinski definition) is 3. The molecule has 88 valence electrons. The van der Waals surface area contributed by atoms with E-state index in [1.165, 1.54) is 5.56 Å². The second-order valence-electron chi connectivity index (χ2n) is 4.33. The second-order valence-corrected chi connectivity index (χ2v) is 4.33. The van der Waals surface area contributed by atoms with Gasteiger partial charge in [-0.1, -0.05) is 30.3 Å². The quantitative estimate of drug-likeness (QED) is 0.759. The first-order valence-electron chi connectivity index (χ1n) is 5.97. The molecular formula is C13H20N2O. The first-order valence-corrected chi connectivity index (χ1v) is 5.97. The number of nitrogens with two attached hydrogens (primary N) is 1. The molecule has 0 aliphatic heterocycles. The highest BCUT2D eigenvalue weighted by atomic mass is 16.5. The molecule has 3 heteroatoms. The van der Waals surface area contributed by atoms with Crippen LogP contribution in [0.5, 0.6) is 0 Å². The molecule has 2 rings (SSSR count). The van der Waals surface area contributed by atoms with Crippen molar-refractivity contribution in [2.24, 2.45) is 5.73 Å². The molecule has 0 aromatic heterocycles. The van der Waals surface area contributed by atoms with Crippen molar-refractivity contribution in [3.05, 3.63) is 35.9 Å². The fourth-order valence-corrected chi connectivity index (χ4v) is 1.94. The SMILES string of the molecule is NCCN[C@H]1C[C@H](OCc2ccccc2)C1. The van der Waals surface area contributed by atoms with Crippen LogP contribution in [0.25, 0.3) is 0 Å². The summed E-state index contributed by atoms with van der Waals surface area (Å²) in [7, 11) is 0. The van der Waals surface area contributed by atoms with Crippen molar-refractivity contribution in [1.82, 2.24) is 5.32 Å². The van der Waals surface area contributed by atoms with Gasteiger partial charge in [0.2, 0.25) is 0 Å². The molecule has 1 aliphatic carbocycles. The van der Waals surface area contributed by atoms with E-state index in [-0.39, 0.29) is 0 Å². The van der Waals surface area contributed by atoms with Gasteiger partial charge in [-0.05, 0) is 18.4 Å². The summed E-state index contributed by atoms with van der Waals surface area (Å²) in [5.74, 6) is 0. The predicted octanol–water partition coefficient (Wildman–Crippen LogP) is 1.28. The molecule has 0 spiro atoms. The van der Waals surface area contributed by atoms with Crippen LogP contribution in [0, 0.1) is 0 Å². The molecule has 0 heterocycles. The summed E-state index contributed by atoms with van der Waals surface area (Å²) in [5.41, 5.74) is 6.68. The summed E-state index contributed by atoms with van der Waals surface area (Å²) in [6.45, 7) is 2.36. The fourth-order valence-electron chi connectivity index (χ4n) is 1.94. The summed E-state index contributed by atoms with van der Waals surface area (Å²) >= 11 is 0. The smallest absolute Gasteiger partial charge is 0.0720 e. The highest BCUT2D eigenvalue weighted by Gasteiger charge is 2.28. The van der Waals surface area contributed by atoms with Gasteiger partial charge in [0.15, 0.2) is 0 Å². The third-order valence-electron chi connectivity index (χ3n) is 3.00. The normalized spacial score (nSPS) is 24.1. The average Bonchev–Trinajstić information content (AvgIpc) is 2.28. The van der Waals surface area contributed by atoms with Crippen molar-refractivity contribution < 1.29 is 4.74 Å². The lowest BCUT2D eigenvalue weighted by atomic mass is 9.89. The van der Waals surface area contributed by atoms with Gasteiger partial charge in [0, 0.05) is 19.1 Å². The Morgan fingerprint density at radius 1 is 1.25 bits per heavy atom. The Kier molecular flexibility index (Phi) is 4.34. The van der Waals surface area contributed by atoms with Crippen molar-refractivity contribution in [1.29, 1.82) is 0 Å². The van der Waals surface area contributed by atoms with Gasteiger partial charge < -0.3 is 15.8 Å². The number of rotatable bonds is 6. The number of hydrogen-bond donors (Lipinski definition) is 2. The lowest BCUT2D eigenvalue weighted by Gasteiger charge is -2.35. The van der Waals surface area contributed by atoms with Crippen molar-refractivity contribution in [2.45, 2.75) is 31.6 Å². The molecule has 0 unspecified atom stereocenters. The Balaban J connectivity index is 1.60. The van der Waals surface area contributed by atoms with E-state index in [9.17, 15) is 0 Å². The van der Waals surface area contributed by atoms with Gasteiger partial charge in [-0.15, -0.1) is 0 Å². The third kappa shape index (κ3) is 3.30. The van der Waals surface area contributed by atoms with E-state index in [2.05, 4.69) is 17.4 Å². The Bertz CT molecular complexity index is 296. The molecule has 16 heavy (non-hydrogen) atoms. The van der Waals surface area contributed by atoms with E-state index in [0.29, 0.717) is 18.7 Å². The van der Waals surface area contributed by atoms with Gasteiger partial charge in [-0.25, -0.2) is 0 Å². The van der Waals surface area contributed by atoms with Crippen LogP contribution in [0.2, 0.25) is 0 Å². The average molecular weight is 220 g/mol. The lowest BCUT2D eigenvalue weighted by Crippen LogP contribution is -2.46. The molecule has 1 aliphatic rings. The van der Waals surface area contributed by atoms with Gasteiger partial charge in [0.25, 0.3) is 0 Å². The molecule has 0 atom stereocenters. The maximum Gasteiger partial charge on any atom is 0.0720 e. The maximum absolute atomic E-state index is 5.80. The molecule has 1 fully saturated rings. The van der Waals surface area contributed by atoms with Gasteiger partial charge in [0.1, 0.15) is 0 Å². The Labute approximate surface area is 97.0 Å². The van der Waals surface area contributed by atoms with E-state index >= 15 is 0 Å². The summed E-state index contributed by atoms with van der Waals surface area (Å²) in [6.07, 6.45) is 2.66. The summed E-state index contributed by atoms with van der Waals surface area (Å²) in [6, 6.07) is 10.9. The minimum absolute atomic E-state index is 0.426. The zero-order valence-corrected chi connectivity index (χ0v) is 9.56. The standard InChI is InChI=1S/C13H20N2O/c14-6-7-15-12-8-13(9-12)16-10-11-4-2-1-3-5-11/h1-5,12-13,15H,6-10,14H2/t12-,13-. The third-order valence-corrected chi connectivity index (χ3v) is 3.00. The molecule has 0 bridgehead atoms. The van der Waals surface area contributed by atoms with Crippen LogP contribution in [-0.4, -0.2) is 25.2 Å². The Morgan fingerprint density at radius 2 is 2.00 bits per heavy atom. The van der Waals surface area contributed by atoms with Gasteiger partial charge in [-0.3, -0.25) is 0 Å². The topological polar surface area (TPSA) is 47.3 Å². The highest BCUT2D eigenvalue weighted by molar-refractivity contribution is 5.13. The molecular weight excluding hydrogens is 200 g/mol.